The van der Waals surface area contributed by atoms with Gasteiger partial charge in [0, 0.05) is 18.4 Å². The smallest absolute Gasteiger partial charge is 0.410 e. The van der Waals surface area contributed by atoms with E-state index in [1.807, 2.05) is 109 Å². The van der Waals surface area contributed by atoms with Crippen molar-refractivity contribution in [2.45, 2.75) is 24.2 Å². The largest absolute Gasteiger partial charge is 0.497 e. The van der Waals surface area contributed by atoms with Crippen LogP contribution in [0.1, 0.15) is 33.7 Å². The van der Waals surface area contributed by atoms with Gasteiger partial charge in [0.2, 0.25) is 0 Å². The van der Waals surface area contributed by atoms with Gasteiger partial charge in [-0.3, -0.25) is 0 Å². The summed E-state index contributed by atoms with van der Waals surface area (Å²) in [6.45, 7) is 0.932. The van der Waals surface area contributed by atoms with Crippen molar-refractivity contribution in [3.05, 3.63) is 173 Å². The monoisotopic (exact) mass is 613 g/mol. The summed E-state index contributed by atoms with van der Waals surface area (Å²) in [5, 5.41) is 11.7. The van der Waals surface area contributed by atoms with Crippen LogP contribution in [0, 0.1) is 5.92 Å². The number of likely N-dealkylation sites (tertiary alicyclic amines) is 1. The molecule has 3 atom stereocenters. The third kappa shape index (κ3) is 6.69. The van der Waals surface area contributed by atoms with Gasteiger partial charge in [-0.05, 0) is 39.9 Å². The number of carbonyl (C=O) groups is 1. The molecular formula is C40H39NO5. The second-order valence-corrected chi connectivity index (χ2v) is 11.7. The number of piperidine rings is 1. The van der Waals surface area contributed by atoms with Gasteiger partial charge in [-0.2, -0.15) is 0 Å². The number of carbonyl (C=O) groups excluding carboxylic acids is 1. The van der Waals surface area contributed by atoms with Crippen LogP contribution in [0.15, 0.2) is 146 Å². The molecule has 1 heterocycles. The van der Waals surface area contributed by atoms with Crippen LogP contribution in [0.3, 0.4) is 0 Å². The first-order valence-corrected chi connectivity index (χ1v) is 15.7. The number of β-amino-alcohol motifs (C(OH)–C–C–N with tert-alkyl or cyclic N) is 1. The molecule has 0 aliphatic carbocycles. The molecule has 6 nitrogen and oxygen atoms in total. The summed E-state index contributed by atoms with van der Waals surface area (Å²) in [5.41, 5.74) is 3.90. The fraction of sp³-hybridized carbons (Fsp3) is 0.225. The lowest BCUT2D eigenvalue weighted by atomic mass is 9.77. The molecule has 1 saturated heterocycles. The van der Waals surface area contributed by atoms with Gasteiger partial charge in [-0.25, -0.2) is 4.79 Å². The standard InChI is InChI=1S/C40H39NO5/c1-44-36-24-22-31(23-25-36)38-32(26-41(27-37(38)42)39(43)45-28-30-14-6-2-7-15-30)29-46-40(33-16-8-3-9-17-33,34-18-10-4-11-19-34)35-20-12-5-13-21-35/h2-25,32,37-38,42H,26-29H2,1H3/t32-,37-,38-/m0/s1. The van der Waals surface area contributed by atoms with Gasteiger partial charge >= 0.3 is 6.09 Å². The fourth-order valence-electron chi connectivity index (χ4n) is 6.56. The maximum Gasteiger partial charge on any atom is 0.410 e. The lowest BCUT2D eigenvalue weighted by molar-refractivity contribution is -0.0539. The highest BCUT2D eigenvalue weighted by Gasteiger charge is 2.43. The molecule has 0 aromatic heterocycles. The van der Waals surface area contributed by atoms with E-state index in [0.717, 1.165) is 33.6 Å². The zero-order valence-electron chi connectivity index (χ0n) is 25.9. The average molecular weight is 614 g/mol. The minimum absolute atomic E-state index is 0.155. The van der Waals surface area contributed by atoms with Crippen LogP contribution in [-0.2, 0) is 21.7 Å². The van der Waals surface area contributed by atoms with E-state index in [4.69, 9.17) is 14.2 Å². The van der Waals surface area contributed by atoms with Crippen LogP contribution in [0.5, 0.6) is 5.75 Å². The molecule has 1 aliphatic heterocycles. The summed E-state index contributed by atoms with van der Waals surface area (Å²) in [7, 11) is 1.64. The number of rotatable bonds is 10. The predicted octanol–water partition coefficient (Wildman–Crippen LogP) is 7.42. The van der Waals surface area contributed by atoms with E-state index in [9.17, 15) is 9.90 Å². The number of hydrogen-bond donors (Lipinski definition) is 1. The number of nitrogens with zero attached hydrogens (tertiary/aromatic N) is 1. The van der Waals surface area contributed by atoms with Crippen molar-refractivity contribution >= 4 is 6.09 Å². The topological polar surface area (TPSA) is 68.2 Å². The van der Waals surface area contributed by atoms with Crippen LogP contribution in [0.2, 0.25) is 0 Å². The van der Waals surface area contributed by atoms with E-state index in [1.54, 1.807) is 12.0 Å². The Labute approximate surface area is 270 Å². The van der Waals surface area contributed by atoms with Crippen LogP contribution >= 0.6 is 0 Å². The highest BCUT2D eigenvalue weighted by atomic mass is 16.6. The molecule has 6 rings (SSSR count). The van der Waals surface area contributed by atoms with Gasteiger partial charge in [-0.15, -0.1) is 0 Å². The Morgan fingerprint density at radius 2 is 1.22 bits per heavy atom. The van der Waals surface area contributed by atoms with Crippen molar-refractivity contribution in [2.24, 2.45) is 5.92 Å². The Morgan fingerprint density at radius 1 is 0.717 bits per heavy atom. The molecule has 5 aromatic carbocycles. The minimum atomic E-state index is -0.935. The van der Waals surface area contributed by atoms with E-state index < -0.39 is 17.8 Å². The maximum absolute atomic E-state index is 13.4. The molecule has 0 bridgehead atoms. The van der Waals surface area contributed by atoms with Crippen molar-refractivity contribution in [3.8, 4) is 5.75 Å². The number of ether oxygens (including phenoxy) is 3. The SMILES string of the molecule is COc1ccc([C@H]2[C@H](COC(c3ccccc3)(c3ccccc3)c3ccccc3)CN(C(=O)OCc3ccccc3)C[C@@H]2O)cc1. The van der Waals surface area contributed by atoms with Crippen LogP contribution in [0.4, 0.5) is 4.79 Å². The molecule has 1 N–H and O–H groups in total. The molecular weight excluding hydrogens is 574 g/mol. The number of hydrogen-bond acceptors (Lipinski definition) is 5. The van der Waals surface area contributed by atoms with Crippen LogP contribution in [0.25, 0.3) is 0 Å². The number of amides is 1. The summed E-state index contributed by atoms with van der Waals surface area (Å²) < 4.78 is 18.3. The Bertz CT molecular complexity index is 1570. The first-order chi connectivity index (χ1) is 22.6. The molecule has 5 aromatic rings. The summed E-state index contributed by atoms with van der Waals surface area (Å²) in [4.78, 5) is 15.0. The van der Waals surface area contributed by atoms with E-state index in [0.29, 0.717) is 6.54 Å². The summed E-state index contributed by atoms with van der Waals surface area (Å²) in [6.07, 6.45) is -1.29. The third-order valence-electron chi connectivity index (χ3n) is 8.80. The lowest BCUT2D eigenvalue weighted by Gasteiger charge is -2.44. The van der Waals surface area contributed by atoms with Crippen LogP contribution in [-0.4, -0.2) is 49.0 Å². The molecule has 234 valence electrons. The molecule has 0 spiro atoms. The third-order valence-corrected chi connectivity index (χ3v) is 8.80. The van der Waals surface area contributed by atoms with Gasteiger partial charge in [0.1, 0.15) is 18.0 Å². The van der Waals surface area contributed by atoms with E-state index in [2.05, 4.69) is 36.4 Å². The molecule has 0 unspecified atom stereocenters. The van der Waals surface area contributed by atoms with Gasteiger partial charge in [0.25, 0.3) is 0 Å². The number of aliphatic hydroxyl groups excluding tert-OH is 1. The van der Waals surface area contributed by atoms with Crippen molar-refractivity contribution in [1.29, 1.82) is 0 Å². The Hall–Kier alpha value is -4.91. The summed E-state index contributed by atoms with van der Waals surface area (Å²) in [6, 6.07) is 48.0. The highest BCUT2D eigenvalue weighted by Crippen LogP contribution is 2.43. The van der Waals surface area contributed by atoms with E-state index >= 15 is 0 Å². The minimum Gasteiger partial charge on any atom is -0.497 e. The second-order valence-electron chi connectivity index (χ2n) is 11.7. The molecule has 0 saturated carbocycles. The molecule has 1 amide bonds. The lowest BCUT2D eigenvalue weighted by Crippen LogP contribution is -2.52. The van der Waals surface area contributed by atoms with Crippen molar-refractivity contribution in [2.75, 3.05) is 26.8 Å². The summed E-state index contributed by atoms with van der Waals surface area (Å²) >= 11 is 0. The molecule has 1 aliphatic rings. The predicted molar refractivity (Wildman–Crippen MR) is 179 cm³/mol. The van der Waals surface area contributed by atoms with Gasteiger partial charge in [0.15, 0.2) is 0 Å². The Kier molecular flexibility index (Phi) is 9.77. The van der Waals surface area contributed by atoms with E-state index in [-0.39, 0.29) is 31.6 Å². The van der Waals surface area contributed by atoms with Crippen LogP contribution < -0.4 is 4.74 Å². The Balaban J connectivity index is 1.36. The van der Waals surface area contributed by atoms with Crippen molar-refractivity contribution in [1.82, 2.24) is 4.90 Å². The Morgan fingerprint density at radius 3 is 1.72 bits per heavy atom. The molecule has 46 heavy (non-hydrogen) atoms. The van der Waals surface area contributed by atoms with E-state index in [1.165, 1.54) is 0 Å². The number of methoxy groups -OCH3 is 1. The second kappa shape index (κ2) is 14.5. The van der Waals surface area contributed by atoms with Crippen molar-refractivity contribution in [3.63, 3.8) is 0 Å². The molecule has 1 fully saturated rings. The summed E-state index contributed by atoms with van der Waals surface area (Å²) in [5.74, 6) is 0.199. The van der Waals surface area contributed by atoms with Crippen molar-refractivity contribution < 1.29 is 24.1 Å². The molecule has 0 radical (unpaired) electrons. The van der Waals surface area contributed by atoms with Gasteiger partial charge in [0.05, 0.1) is 26.4 Å². The maximum atomic E-state index is 13.4. The quantitative estimate of drug-likeness (QED) is 0.166. The number of benzene rings is 5. The first-order valence-electron chi connectivity index (χ1n) is 15.7. The molecule has 6 heteroatoms. The first kappa shape index (κ1) is 31.1. The van der Waals surface area contributed by atoms with Gasteiger partial charge < -0.3 is 24.2 Å². The van der Waals surface area contributed by atoms with Gasteiger partial charge in [-0.1, -0.05) is 133 Å². The normalized spacial score (nSPS) is 18.1. The fourth-order valence-corrected chi connectivity index (χ4v) is 6.56. The zero-order valence-corrected chi connectivity index (χ0v) is 25.9. The zero-order chi connectivity index (χ0) is 31.8. The average Bonchev–Trinajstić information content (AvgIpc) is 3.12. The number of aliphatic hydroxyl groups is 1. The highest BCUT2D eigenvalue weighted by molar-refractivity contribution is 5.68.